The maximum absolute atomic E-state index is 12.0. The molecule has 0 aliphatic carbocycles. The van der Waals surface area contributed by atoms with Crippen molar-refractivity contribution in [1.29, 1.82) is 0 Å². The zero-order valence-corrected chi connectivity index (χ0v) is 13.5. The third-order valence-corrected chi connectivity index (χ3v) is 4.62. The van der Waals surface area contributed by atoms with Crippen molar-refractivity contribution < 1.29 is 0 Å². The minimum absolute atomic E-state index is 0.0309. The van der Waals surface area contributed by atoms with Gasteiger partial charge in [-0.15, -0.1) is 0 Å². The number of benzene rings is 2. The van der Waals surface area contributed by atoms with Crippen molar-refractivity contribution >= 4 is 27.0 Å². The second-order valence-corrected chi connectivity index (χ2v) is 6.00. The summed E-state index contributed by atoms with van der Waals surface area (Å²) in [6, 6.07) is 13.6. The lowest BCUT2D eigenvalue weighted by atomic mass is 9.99. The van der Waals surface area contributed by atoms with Crippen LogP contribution < -0.4 is 11.4 Å². The van der Waals surface area contributed by atoms with Gasteiger partial charge in [0.05, 0.1) is 17.1 Å². The maximum atomic E-state index is 12.0. The first-order valence-corrected chi connectivity index (χ1v) is 7.45. The minimum Gasteiger partial charge on any atom is -0.320 e. The molecule has 1 atom stereocenters. The first-order chi connectivity index (χ1) is 10.0. The normalized spacial score (nSPS) is 12.8. The molecule has 3 aromatic rings. The standard InChI is InChI=1S/C16H16BrN3O/c1-19-13-8-7-10(9-14(13)20(2)16(19)21)15(18)11-5-3-4-6-12(11)17/h3-9,15H,18H2,1-2H3. The second-order valence-electron chi connectivity index (χ2n) is 5.15. The number of hydrogen-bond donors (Lipinski definition) is 1. The van der Waals surface area contributed by atoms with Gasteiger partial charge in [-0.3, -0.25) is 9.13 Å². The predicted molar refractivity (Wildman–Crippen MR) is 88.3 cm³/mol. The fourth-order valence-electron chi connectivity index (χ4n) is 2.62. The Morgan fingerprint density at radius 1 is 1.05 bits per heavy atom. The lowest BCUT2D eigenvalue weighted by molar-refractivity contribution is 0.795. The Morgan fingerprint density at radius 3 is 2.43 bits per heavy atom. The third kappa shape index (κ3) is 2.22. The van der Waals surface area contributed by atoms with Crippen molar-refractivity contribution in [3.8, 4) is 0 Å². The van der Waals surface area contributed by atoms with Crippen molar-refractivity contribution in [2.24, 2.45) is 19.8 Å². The van der Waals surface area contributed by atoms with Gasteiger partial charge in [-0.25, -0.2) is 4.79 Å². The monoisotopic (exact) mass is 345 g/mol. The fourth-order valence-corrected chi connectivity index (χ4v) is 3.16. The van der Waals surface area contributed by atoms with Crippen LogP contribution >= 0.6 is 15.9 Å². The van der Waals surface area contributed by atoms with Crippen LogP contribution in [0.3, 0.4) is 0 Å². The Kier molecular flexibility index (Phi) is 3.47. The summed E-state index contributed by atoms with van der Waals surface area (Å²) >= 11 is 3.53. The lowest BCUT2D eigenvalue weighted by Crippen LogP contribution is -2.19. The van der Waals surface area contributed by atoms with E-state index in [4.69, 9.17) is 5.73 Å². The molecule has 5 heteroatoms. The molecule has 0 saturated heterocycles. The van der Waals surface area contributed by atoms with Crippen molar-refractivity contribution in [3.05, 3.63) is 68.5 Å². The van der Waals surface area contributed by atoms with Gasteiger partial charge in [0.25, 0.3) is 0 Å². The zero-order valence-electron chi connectivity index (χ0n) is 11.9. The molecule has 0 bridgehead atoms. The van der Waals surface area contributed by atoms with Crippen LogP contribution in [0.1, 0.15) is 17.2 Å². The molecule has 21 heavy (non-hydrogen) atoms. The van der Waals surface area contributed by atoms with Gasteiger partial charge >= 0.3 is 5.69 Å². The number of aryl methyl sites for hydroxylation is 2. The summed E-state index contributed by atoms with van der Waals surface area (Å²) in [7, 11) is 3.55. The molecular formula is C16H16BrN3O. The van der Waals surface area contributed by atoms with Crippen molar-refractivity contribution in [1.82, 2.24) is 9.13 Å². The van der Waals surface area contributed by atoms with Gasteiger partial charge in [0.1, 0.15) is 0 Å². The summed E-state index contributed by atoms with van der Waals surface area (Å²) < 4.78 is 4.27. The largest absolute Gasteiger partial charge is 0.328 e. The van der Waals surface area contributed by atoms with Gasteiger partial charge in [-0.05, 0) is 29.3 Å². The number of halogens is 1. The molecule has 4 nitrogen and oxygen atoms in total. The Labute approximate surface area is 130 Å². The van der Waals surface area contributed by atoms with Gasteiger partial charge in [-0.1, -0.05) is 40.2 Å². The van der Waals surface area contributed by atoms with Crippen molar-refractivity contribution in [2.75, 3.05) is 0 Å². The van der Waals surface area contributed by atoms with E-state index in [-0.39, 0.29) is 11.7 Å². The van der Waals surface area contributed by atoms with E-state index in [1.165, 1.54) is 0 Å². The molecule has 0 aliphatic heterocycles. The van der Waals surface area contributed by atoms with Gasteiger partial charge in [0.2, 0.25) is 0 Å². The summed E-state index contributed by atoms with van der Waals surface area (Å²) in [5.74, 6) is 0. The first kappa shape index (κ1) is 14.1. The van der Waals surface area contributed by atoms with Gasteiger partial charge in [0, 0.05) is 18.6 Å². The van der Waals surface area contributed by atoms with E-state index in [2.05, 4.69) is 15.9 Å². The molecule has 1 unspecified atom stereocenters. The minimum atomic E-state index is -0.236. The Bertz CT molecular complexity index is 879. The van der Waals surface area contributed by atoms with Crippen LogP contribution in [0.4, 0.5) is 0 Å². The van der Waals surface area contributed by atoms with Crippen LogP contribution in [0.25, 0.3) is 11.0 Å². The van der Waals surface area contributed by atoms with Gasteiger partial charge < -0.3 is 5.73 Å². The lowest BCUT2D eigenvalue weighted by Gasteiger charge is -2.14. The van der Waals surface area contributed by atoms with E-state index >= 15 is 0 Å². The highest BCUT2D eigenvalue weighted by molar-refractivity contribution is 9.10. The van der Waals surface area contributed by atoms with Crippen LogP contribution in [0, 0.1) is 0 Å². The highest BCUT2D eigenvalue weighted by Gasteiger charge is 2.14. The van der Waals surface area contributed by atoms with Crippen LogP contribution in [0.2, 0.25) is 0 Å². The Hall–Kier alpha value is -1.85. The van der Waals surface area contributed by atoms with Crippen molar-refractivity contribution in [3.63, 3.8) is 0 Å². The quantitative estimate of drug-likeness (QED) is 0.776. The van der Waals surface area contributed by atoms with Crippen LogP contribution in [-0.4, -0.2) is 9.13 Å². The molecular weight excluding hydrogens is 330 g/mol. The van der Waals surface area contributed by atoms with Crippen LogP contribution in [0.5, 0.6) is 0 Å². The first-order valence-electron chi connectivity index (χ1n) is 6.66. The molecule has 0 aliphatic rings. The molecule has 0 amide bonds. The smallest absolute Gasteiger partial charge is 0.320 e. The molecule has 1 aromatic heterocycles. The molecule has 0 fully saturated rings. The SMILES string of the molecule is Cn1c(=O)n(C)c2cc(C(N)c3ccccc3Br)ccc21. The zero-order chi connectivity index (χ0) is 15.1. The average molecular weight is 346 g/mol. The number of nitrogens with zero attached hydrogens (tertiary/aromatic N) is 2. The topological polar surface area (TPSA) is 53.0 Å². The van der Waals surface area contributed by atoms with E-state index in [1.54, 1.807) is 23.2 Å². The molecule has 0 saturated carbocycles. The maximum Gasteiger partial charge on any atom is 0.328 e. The van der Waals surface area contributed by atoms with Gasteiger partial charge in [0.15, 0.2) is 0 Å². The Morgan fingerprint density at radius 2 is 1.71 bits per heavy atom. The van der Waals surface area contributed by atoms with Crippen LogP contribution in [-0.2, 0) is 14.1 Å². The van der Waals surface area contributed by atoms with E-state index in [9.17, 15) is 4.79 Å². The number of hydrogen-bond acceptors (Lipinski definition) is 2. The fraction of sp³-hybridized carbons (Fsp3) is 0.188. The summed E-state index contributed by atoms with van der Waals surface area (Å²) in [6.07, 6.45) is 0. The van der Waals surface area contributed by atoms with E-state index in [1.807, 2.05) is 42.5 Å². The molecule has 1 heterocycles. The summed E-state index contributed by atoms with van der Waals surface area (Å²) in [5.41, 5.74) is 10.2. The van der Waals surface area contributed by atoms with Gasteiger partial charge in [-0.2, -0.15) is 0 Å². The average Bonchev–Trinajstić information content (AvgIpc) is 2.71. The van der Waals surface area contributed by atoms with Crippen molar-refractivity contribution in [2.45, 2.75) is 6.04 Å². The predicted octanol–water partition coefficient (Wildman–Crippen LogP) is 2.69. The molecule has 108 valence electrons. The van der Waals surface area contributed by atoms with E-state index in [0.29, 0.717) is 0 Å². The summed E-state index contributed by atoms with van der Waals surface area (Å²) in [4.78, 5) is 12.0. The number of fused-ring (bicyclic) bond motifs is 1. The van der Waals surface area contributed by atoms with Crippen LogP contribution in [0.15, 0.2) is 51.7 Å². The number of nitrogens with two attached hydrogens (primary N) is 1. The highest BCUT2D eigenvalue weighted by atomic mass is 79.9. The molecule has 3 rings (SSSR count). The molecule has 0 spiro atoms. The highest BCUT2D eigenvalue weighted by Crippen LogP contribution is 2.28. The van der Waals surface area contributed by atoms with E-state index < -0.39 is 0 Å². The molecule has 2 N–H and O–H groups in total. The number of aromatic nitrogens is 2. The molecule has 2 aromatic carbocycles. The summed E-state index contributed by atoms with van der Waals surface area (Å²) in [5, 5.41) is 0. The molecule has 0 radical (unpaired) electrons. The summed E-state index contributed by atoms with van der Waals surface area (Å²) in [6.45, 7) is 0. The number of imidazole rings is 1. The van der Waals surface area contributed by atoms with E-state index in [0.717, 1.165) is 26.6 Å². The second kappa shape index (κ2) is 5.16. The Balaban J connectivity index is 2.16. The third-order valence-electron chi connectivity index (χ3n) is 3.90. The number of rotatable bonds is 2.